The summed E-state index contributed by atoms with van der Waals surface area (Å²) < 4.78 is 0. The van der Waals surface area contributed by atoms with Gasteiger partial charge in [0.1, 0.15) is 0 Å². The first-order chi connectivity index (χ1) is 7.00. The quantitative estimate of drug-likeness (QED) is 0.713. The van der Waals surface area contributed by atoms with Crippen LogP contribution in [-0.2, 0) is 0 Å². The molecule has 1 fully saturated rings. The third-order valence-corrected chi connectivity index (χ3v) is 3.47. The molecule has 0 amide bonds. The molecule has 0 radical (unpaired) electrons. The van der Waals surface area contributed by atoms with Gasteiger partial charge >= 0.3 is 0 Å². The number of benzene rings is 1. The van der Waals surface area contributed by atoms with Crippen molar-refractivity contribution in [1.29, 1.82) is 0 Å². The Morgan fingerprint density at radius 3 is 2.60 bits per heavy atom. The molecule has 2 N–H and O–H groups in total. The molecule has 1 saturated heterocycles. The molecule has 0 unspecified atom stereocenters. The van der Waals surface area contributed by atoms with Crippen molar-refractivity contribution in [2.75, 3.05) is 17.2 Å². The van der Waals surface area contributed by atoms with E-state index in [-0.39, 0.29) is 0 Å². The van der Waals surface area contributed by atoms with Gasteiger partial charge in [-0.15, -0.1) is 0 Å². The number of hydrogen-bond acceptors (Lipinski definition) is 2. The molecular weight excluding hydrogens is 184 g/mol. The van der Waals surface area contributed by atoms with Crippen LogP contribution in [0.15, 0.2) is 18.2 Å². The monoisotopic (exact) mass is 204 g/mol. The average molecular weight is 204 g/mol. The molecule has 1 aliphatic heterocycles. The summed E-state index contributed by atoms with van der Waals surface area (Å²) in [5.41, 5.74) is 9.50. The zero-order valence-electron chi connectivity index (χ0n) is 9.88. The van der Waals surface area contributed by atoms with Crippen molar-refractivity contribution in [2.24, 2.45) is 0 Å². The molecule has 0 aromatic heterocycles. The van der Waals surface area contributed by atoms with Gasteiger partial charge in [0.2, 0.25) is 0 Å². The number of hydrogen-bond donors (Lipinski definition) is 1. The summed E-state index contributed by atoms with van der Waals surface area (Å²) in [5, 5.41) is 0. The van der Waals surface area contributed by atoms with Crippen LogP contribution in [0, 0.1) is 6.92 Å². The zero-order chi connectivity index (χ0) is 11.1. The van der Waals surface area contributed by atoms with Crippen LogP contribution in [0.25, 0.3) is 0 Å². The Labute approximate surface area is 92.1 Å². The lowest BCUT2D eigenvalue weighted by Crippen LogP contribution is -2.38. The number of nitrogens with zero attached hydrogens (tertiary/aromatic N) is 1. The minimum Gasteiger partial charge on any atom is -0.399 e. The highest BCUT2D eigenvalue weighted by Gasteiger charge is 2.31. The van der Waals surface area contributed by atoms with E-state index >= 15 is 0 Å². The van der Waals surface area contributed by atoms with E-state index in [2.05, 4.69) is 37.8 Å². The Hall–Kier alpha value is -1.18. The Bertz CT molecular complexity index is 369. The second-order valence-electron chi connectivity index (χ2n) is 5.11. The minimum absolute atomic E-state index is 0.294. The van der Waals surface area contributed by atoms with Crippen LogP contribution in [0.5, 0.6) is 0 Å². The Balaban J connectivity index is 2.33. The van der Waals surface area contributed by atoms with Gasteiger partial charge in [-0.25, -0.2) is 0 Å². The minimum atomic E-state index is 0.294. The maximum Gasteiger partial charge on any atom is 0.0374 e. The standard InChI is InChI=1S/C13H20N2/c1-10-9-11(5-6-12(10)14)15-8-4-7-13(15,2)3/h5-6,9H,4,7-8,14H2,1-3H3. The Morgan fingerprint density at radius 2 is 2.07 bits per heavy atom. The highest BCUT2D eigenvalue weighted by Crippen LogP contribution is 2.34. The van der Waals surface area contributed by atoms with Gasteiger partial charge < -0.3 is 10.6 Å². The number of nitrogens with two attached hydrogens (primary N) is 1. The molecule has 0 spiro atoms. The van der Waals surface area contributed by atoms with Gasteiger partial charge in [-0.2, -0.15) is 0 Å². The normalized spacial score (nSPS) is 19.5. The fourth-order valence-electron chi connectivity index (χ4n) is 2.41. The molecule has 1 aliphatic rings. The first kappa shape index (κ1) is 10.3. The van der Waals surface area contributed by atoms with Gasteiger partial charge in [0.25, 0.3) is 0 Å². The number of nitrogen functional groups attached to an aromatic ring is 1. The van der Waals surface area contributed by atoms with Crippen molar-refractivity contribution in [3.63, 3.8) is 0 Å². The predicted molar refractivity (Wildman–Crippen MR) is 66.3 cm³/mol. The highest BCUT2D eigenvalue weighted by atomic mass is 15.2. The molecule has 0 atom stereocenters. The lowest BCUT2D eigenvalue weighted by atomic mass is 10.0. The van der Waals surface area contributed by atoms with Gasteiger partial charge in [-0.05, 0) is 57.4 Å². The Morgan fingerprint density at radius 1 is 1.33 bits per heavy atom. The molecule has 2 nitrogen and oxygen atoms in total. The fourth-order valence-corrected chi connectivity index (χ4v) is 2.41. The summed E-state index contributed by atoms with van der Waals surface area (Å²) in [5.74, 6) is 0. The Kier molecular flexibility index (Phi) is 2.37. The van der Waals surface area contributed by atoms with Crippen LogP contribution < -0.4 is 10.6 Å². The van der Waals surface area contributed by atoms with E-state index in [1.54, 1.807) is 0 Å². The van der Waals surface area contributed by atoms with Crippen molar-refractivity contribution >= 4 is 11.4 Å². The lowest BCUT2D eigenvalue weighted by molar-refractivity contribution is 0.518. The van der Waals surface area contributed by atoms with E-state index < -0.39 is 0 Å². The van der Waals surface area contributed by atoms with Gasteiger partial charge in [0.15, 0.2) is 0 Å². The van der Waals surface area contributed by atoms with E-state index in [4.69, 9.17) is 5.73 Å². The van der Waals surface area contributed by atoms with Crippen LogP contribution in [0.4, 0.5) is 11.4 Å². The summed E-state index contributed by atoms with van der Waals surface area (Å²) in [6.45, 7) is 7.86. The molecule has 1 aromatic rings. The molecule has 0 aliphatic carbocycles. The zero-order valence-corrected chi connectivity index (χ0v) is 9.88. The highest BCUT2D eigenvalue weighted by molar-refractivity contribution is 5.59. The second kappa shape index (κ2) is 3.44. The van der Waals surface area contributed by atoms with E-state index in [1.165, 1.54) is 24.1 Å². The van der Waals surface area contributed by atoms with Crippen molar-refractivity contribution in [2.45, 2.75) is 39.2 Å². The van der Waals surface area contributed by atoms with Crippen LogP contribution in [0.2, 0.25) is 0 Å². The SMILES string of the molecule is Cc1cc(N2CCCC2(C)C)ccc1N. The third-order valence-electron chi connectivity index (χ3n) is 3.47. The number of rotatable bonds is 1. The molecule has 0 saturated carbocycles. The average Bonchev–Trinajstić information content (AvgIpc) is 2.50. The summed E-state index contributed by atoms with van der Waals surface area (Å²) in [6, 6.07) is 6.34. The molecule has 2 heteroatoms. The molecule has 2 rings (SSSR count). The summed E-state index contributed by atoms with van der Waals surface area (Å²) in [7, 11) is 0. The van der Waals surface area contributed by atoms with Crippen molar-refractivity contribution in [3.8, 4) is 0 Å². The molecular formula is C13H20N2. The van der Waals surface area contributed by atoms with Crippen LogP contribution in [0.1, 0.15) is 32.3 Å². The fraction of sp³-hybridized carbons (Fsp3) is 0.538. The van der Waals surface area contributed by atoms with E-state index in [9.17, 15) is 0 Å². The maximum atomic E-state index is 5.84. The molecule has 82 valence electrons. The number of aryl methyl sites for hydroxylation is 1. The van der Waals surface area contributed by atoms with Crippen molar-refractivity contribution in [1.82, 2.24) is 0 Å². The van der Waals surface area contributed by atoms with E-state index in [0.717, 1.165) is 12.2 Å². The smallest absolute Gasteiger partial charge is 0.0374 e. The summed E-state index contributed by atoms with van der Waals surface area (Å²) >= 11 is 0. The largest absolute Gasteiger partial charge is 0.399 e. The first-order valence-electron chi connectivity index (χ1n) is 5.64. The molecule has 1 heterocycles. The van der Waals surface area contributed by atoms with Crippen molar-refractivity contribution < 1.29 is 0 Å². The van der Waals surface area contributed by atoms with Crippen LogP contribution in [-0.4, -0.2) is 12.1 Å². The van der Waals surface area contributed by atoms with E-state index in [0.29, 0.717) is 5.54 Å². The summed E-state index contributed by atoms with van der Waals surface area (Å²) in [6.07, 6.45) is 2.56. The van der Waals surface area contributed by atoms with Gasteiger partial charge in [0.05, 0.1) is 0 Å². The lowest BCUT2D eigenvalue weighted by Gasteiger charge is -2.34. The molecule has 15 heavy (non-hydrogen) atoms. The third kappa shape index (κ3) is 1.81. The van der Waals surface area contributed by atoms with Crippen LogP contribution >= 0.6 is 0 Å². The predicted octanol–water partition coefficient (Wildman–Crippen LogP) is 2.96. The second-order valence-corrected chi connectivity index (χ2v) is 5.11. The first-order valence-corrected chi connectivity index (χ1v) is 5.64. The number of anilines is 2. The topological polar surface area (TPSA) is 29.3 Å². The summed E-state index contributed by atoms with van der Waals surface area (Å²) in [4.78, 5) is 2.49. The van der Waals surface area contributed by atoms with Gasteiger partial charge in [-0.3, -0.25) is 0 Å². The molecule has 1 aromatic carbocycles. The van der Waals surface area contributed by atoms with Crippen LogP contribution in [0.3, 0.4) is 0 Å². The molecule has 0 bridgehead atoms. The van der Waals surface area contributed by atoms with E-state index in [1.807, 2.05) is 6.07 Å². The van der Waals surface area contributed by atoms with Gasteiger partial charge in [0, 0.05) is 23.5 Å². The van der Waals surface area contributed by atoms with Gasteiger partial charge in [-0.1, -0.05) is 0 Å². The van der Waals surface area contributed by atoms with Crippen molar-refractivity contribution in [3.05, 3.63) is 23.8 Å². The maximum absolute atomic E-state index is 5.84.